The van der Waals surface area contributed by atoms with E-state index in [9.17, 15) is 4.79 Å². The lowest BCUT2D eigenvalue weighted by Gasteiger charge is -2.24. The molecule has 0 aromatic rings. The summed E-state index contributed by atoms with van der Waals surface area (Å²) >= 11 is 0. The van der Waals surface area contributed by atoms with Gasteiger partial charge in [0.05, 0.1) is 5.92 Å². The third-order valence-corrected chi connectivity index (χ3v) is 2.77. The molecule has 0 radical (unpaired) electrons. The third-order valence-electron chi connectivity index (χ3n) is 2.77. The second kappa shape index (κ2) is 5.41. The Kier molecular flexibility index (Phi) is 5.31. The van der Waals surface area contributed by atoms with E-state index in [1.807, 2.05) is 0 Å². The zero-order chi connectivity index (χ0) is 8.27. The maximum Gasteiger partial charge on any atom is 0.306 e. The molecule has 1 rings (SSSR count). The fourth-order valence-corrected chi connectivity index (χ4v) is 1.82. The van der Waals surface area contributed by atoms with Crippen molar-refractivity contribution in [3.8, 4) is 0 Å². The molecule has 0 unspecified atom stereocenters. The van der Waals surface area contributed by atoms with Gasteiger partial charge in [0.1, 0.15) is 0 Å². The van der Waals surface area contributed by atoms with Crippen LogP contribution in [0, 0.1) is 11.8 Å². The molecule has 0 amide bonds. The number of hydrogen-bond acceptors (Lipinski definition) is 1. The summed E-state index contributed by atoms with van der Waals surface area (Å²) in [6.45, 7) is 2.19. The van der Waals surface area contributed by atoms with Crippen molar-refractivity contribution in [2.24, 2.45) is 11.8 Å². The molecule has 1 aliphatic rings. The molecule has 0 heterocycles. The molecular formula is C9H17ClO2. The van der Waals surface area contributed by atoms with Crippen molar-refractivity contribution in [3.63, 3.8) is 0 Å². The van der Waals surface area contributed by atoms with Crippen LogP contribution in [-0.2, 0) is 4.79 Å². The normalized spacial score (nSPS) is 29.1. The molecule has 0 spiro atoms. The van der Waals surface area contributed by atoms with Gasteiger partial charge in [-0.3, -0.25) is 4.79 Å². The van der Waals surface area contributed by atoms with E-state index in [0.717, 1.165) is 31.6 Å². The van der Waals surface area contributed by atoms with Gasteiger partial charge in [-0.2, -0.15) is 0 Å². The molecule has 0 bridgehead atoms. The number of rotatable bonds is 2. The van der Waals surface area contributed by atoms with Crippen molar-refractivity contribution >= 4 is 18.4 Å². The highest BCUT2D eigenvalue weighted by Crippen LogP contribution is 2.30. The minimum atomic E-state index is -0.598. The molecule has 12 heavy (non-hydrogen) atoms. The topological polar surface area (TPSA) is 37.3 Å². The summed E-state index contributed by atoms with van der Waals surface area (Å²) in [5, 5.41) is 8.70. The summed E-state index contributed by atoms with van der Waals surface area (Å²) in [6, 6.07) is 0. The van der Waals surface area contributed by atoms with E-state index in [1.165, 1.54) is 6.42 Å². The predicted molar refractivity (Wildman–Crippen MR) is 50.6 cm³/mol. The van der Waals surface area contributed by atoms with Crippen molar-refractivity contribution in [2.75, 3.05) is 0 Å². The van der Waals surface area contributed by atoms with Crippen LogP contribution in [0.3, 0.4) is 0 Å². The van der Waals surface area contributed by atoms with Gasteiger partial charge in [0.25, 0.3) is 0 Å². The van der Waals surface area contributed by atoms with Gasteiger partial charge in [0.2, 0.25) is 0 Å². The van der Waals surface area contributed by atoms with Gasteiger partial charge in [-0.1, -0.05) is 13.3 Å². The van der Waals surface area contributed by atoms with Crippen LogP contribution in [0.15, 0.2) is 0 Å². The smallest absolute Gasteiger partial charge is 0.306 e. The van der Waals surface area contributed by atoms with Crippen LogP contribution >= 0.6 is 12.4 Å². The number of carbonyl (C=O) groups is 1. The Bertz CT molecular complexity index is 139. The van der Waals surface area contributed by atoms with Crippen LogP contribution in [0.1, 0.15) is 39.0 Å². The van der Waals surface area contributed by atoms with Crippen molar-refractivity contribution in [3.05, 3.63) is 0 Å². The molecule has 0 aliphatic heterocycles. The van der Waals surface area contributed by atoms with Gasteiger partial charge >= 0.3 is 5.97 Å². The summed E-state index contributed by atoms with van der Waals surface area (Å²) in [4.78, 5) is 10.5. The number of carboxylic acids is 1. The Morgan fingerprint density at radius 1 is 1.33 bits per heavy atom. The molecule has 1 N–H and O–H groups in total. The average Bonchev–Trinajstić information content (AvgIpc) is 2.05. The van der Waals surface area contributed by atoms with Gasteiger partial charge in [0.15, 0.2) is 0 Å². The van der Waals surface area contributed by atoms with Crippen LogP contribution in [0.5, 0.6) is 0 Å². The van der Waals surface area contributed by atoms with Crippen molar-refractivity contribution in [1.82, 2.24) is 0 Å². The van der Waals surface area contributed by atoms with Crippen LogP contribution in [0.25, 0.3) is 0 Å². The zero-order valence-electron chi connectivity index (χ0n) is 7.45. The van der Waals surface area contributed by atoms with E-state index in [-0.39, 0.29) is 18.3 Å². The molecule has 1 aliphatic carbocycles. The van der Waals surface area contributed by atoms with Gasteiger partial charge in [-0.15, -0.1) is 12.4 Å². The fourth-order valence-electron chi connectivity index (χ4n) is 1.82. The Labute approximate surface area is 79.8 Å². The van der Waals surface area contributed by atoms with Gasteiger partial charge in [0, 0.05) is 0 Å². The molecule has 3 heteroatoms. The van der Waals surface area contributed by atoms with Crippen LogP contribution in [-0.4, -0.2) is 11.1 Å². The largest absolute Gasteiger partial charge is 0.481 e. The fraction of sp³-hybridized carbons (Fsp3) is 0.889. The van der Waals surface area contributed by atoms with Gasteiger partial charge < -0.3 is 5.11 Å². The van der Waals surface area contributed by atoms with E-state index in [4.69, 9.17) is 5.11 Å². The van der Waals surface area contributed by atoms with Crippen LogP contribution in [0.2, 0.25) is 0 Å². The molecule has 0 aromatic carbocycles. The maximum absolute atomic E-state index is 10.5. The maximum atomic E-state index is 10.5. The van der Waals surface area contributed by atoms with Gasteiger partial charge in [-0.25, -0.2) is 0 Å². The number of aliphatic carboxylic acids is 1. The third kappa shape index (κ3) is 3.02. The monoisotopic (exact) mass is 192 g/mol. The summed E-state index contributed by atoms with van der Waals surface area (Å²) in [6.07, 6.45) is 5.24. The van der Waals surface area contributed by atoms with E-state index in [2.05, 4.69) is 6.92 Å². The van der Waals surface area contributed by atoms with E-state index in [0.29, 0.717) is 0 Å². The number of carboxylic acid groups (broad SMARTS) is 1. The molecule has 1 fully saturated rings. The Morgan fingerprint density at radius 3 is 2.17 bits per heavy atom. The molecule has 0 atom stereocenters. The van der Waals surface area contributed by atoms with Crippen molar-refractivity contribution < 1.29 is 9.90 Å². The Morgan fingerprint density at radius 2 is 1.83 bits per heavy atom. The standard InChI is InChI=1S/C9H16O2.ClH/c1-2-7-3-5-8(6-4-7)9(10)11;/h7-8H,2-6H2,1H3,(H,10,11);1H/t7-,8-;. The molecule has 72 valence electrons. The minimum Gasteiger partial charge on any atom is -0.481 e. The summed E-state index contributed by atoms with van der Waals surface area (Å²) in [5.74, 6) is 0.156. The highest BCUT2D eigenvalue weighted by molar-refractivity contribution is 5.85. The molecule has 0 saturated heterocycles. The predicted octanol–water partition coefficient (Wildman–Crippen LogP) is 2.71. The Balaban J connectivity index is 0.00000121. The molecular weight excluding hydrogens is 176 g/mol. The van der Waals surface area contributed by atoms with E-state index >= 15 is 0 Å². The average molecular weight is 193 g/mol. The summed E-state index contributed by atoms with van der Waals surface area (Å²) in [5.41, 5.74) is 0. The first-order valence-electron chi connectivity index (χ1n) is 4.46. The second-order valence-electron chi connectivity index (χ2n) is 3.46. The number of hydrogen-bond donors (Lipinski definition) is 1. The minimum absolute atomic E-state index is 0. The van der Waals surface area contributed by atoms with Crippen molar-refractivity contribution in [2.45, 2.75) is 39.0 Å². The van der Waals surface area contributed by atoms with Crippen LogP contribution < -0.4 is 0 Å². The van der Waals surface area contributed by atoms with E-state index in [1.54, 1.807) is 0 Å². The zero-order valence-corrected chi connectivity index (χ0v) is 8.27. The molecule has 0 aromatic heterocycles. The lowest BCUT2D eigenvalue weighted by Crippen LogP contribution is -2.20. The first kappa shape index (κ1) is 11.8. The molecule has 1 saturated carbocycles. The lowest BCUT2D eigenvalue weighted by molar-refractivity contribution is -0.143. The quantitative estimate of drug-likeness (QED) is 0.731. The van der Waals surface area contributed by atoms with Crippen molar-refractivity contribution in [1.29, 1.82) is 0 Å². The van der Waals surface area contributed by atoms with Crippen LogP contribution in [0.4, 0.5) is 0 Å². The molecule has 2 nitrogen and oxygen atoms in total. The summed E-state index contributed by atoms with van der Waals surface area (Å²) in [7, 11) is 0. The first-order chi connectivity index (χ1) is 5.24. The Hall–Kier alpha value is -0.240. The highest BCUT2D eigenvalue weighted by atomic mass is 35.5. The second-order valence-corrected chi connectivity index (χ2v) is 3.46. The number of halogens is 1. The summed E-state index contributed by atoms with van der Waals surface area (Å²) < 4.78 is 0. The SMILES string of the molecule is CC[C@H]1CC[C@H](C(=O)O)CC1.Cl. The van der Waals surface area contributed by atoms with Gasteiger partial charge in [-0.05, 0) is 31.6 Å². The van der Waals surface area contributed by atoms with E-state index < -0.39 is 5.97 Å². The lowest BCUT2D eigenvalue weighted by atomic mass is 9.81. The highest BCUT2D eigenvalue weighted by Gasteiger charge is 2.24. The first-order valence-corrected chi connectivity index (χ1v) is 4.46.